The van der Waals surface area contributed by atoms with Crippen LogP contribution >= 0.6 is 12.4 Å². The Hall–Kier alpha value is -1.13. The Bertz CT molecular complexity index is 385. The molecule has 1 rings (SSSR count). The SMILES string of the molecule is CNC(C)CNC(=O)c1ccc(F)c(C)c1.Cl. The maximum atomic E-state index is 13.0. The molecule has 2 N–H and O–H groups in total. The van der Waals surface area contributed by atoms with Crippen LogP contribution in [0.5, 0.6) is 0 Å². The molecule has 17 heavy (non-hydrogen) atoms. The van der Waals surface area contributed by atoms with Crippen molar-refractivity contribution >= 4 is 18.3 Å². The zero-order valence-corrected chi connectivity index (χ0v) is 11.0. The molecular weight excluding hydrogens is 243 g/mol. The van der Waals surface area contributed by atoms with Gasteiger partial charge in [0.2, 0.25) is 0 Å². The average Bonchev–Trinajstić information content (AvgIpc) is 2.29. The first-order valence-electron chi connectivity index (χ1n) is 5.26. The molecule has 0 fully saturated rings. The fourth-order valence-electron chi connectivity index (χ4n) is 1.24. The molecule has 0 aliphatic rings. The van der Waals surface area contributed by atoms with Crippen molar-refractivity contribution in [3.63, 3.8) is 0 Å². The van der Waals surface area contributed by atoms with Crippen molar-refractivity contribution in [1.29, 1.82) is 0 Å². The molecule has 1 aromatic rings. The summed E-state index contributed by atoms with van der Waals surface area (Å²) in [6, 6.07) is 4.56. The molecule has 0 saturated heterocycles. The summed E-state index contributed by atoms with van der Waals surface area (Å²) in [5.41, 5.74) is 0.969. The van der Waals surface area contributed by atoms with Gasteiger partial charge in [0.1, 0.15) is 5.82 Å². The number of rotatable bonds is 4. The highest BCUT2D eigenvalue weighted by Gasteiger charge is 2.08. The number of amides is 1. The maximum Gasteiger partial charge on any atom is 0.251 e. The first kappa shape index (κ1) is 15.9. The average molecular weight is 261 g/mol. The fourth-order valence-corrected chi connectivity index (χ4v) is 1.24. The van der Waals surface area contributed by atoms with E-state index < -0.39 is 0 Å². The first-order valence-corrected chi connectivity index (χ1v) is 5.26. The Balaban J connectivity index is 0.00000256. The van der Waals surface area contributed by atoms with Gasteiger partial charge in [0.15, 0.2) is 0 Å². The highest BCUT2D eigenvalue weighted by molar-refractivity contribution is 5.94. The Labute approximate surface area is 107 Å². The summed E-state index contributed by atoms with van der Waals surface area (Å²) < 4.78 is 13.0. The molecule has 0 heterocycles. The molecule has 1 unspecified atom stereocenters. The monoisotopic (exact) mass is 260 g/mol. The van der Waals surface area contributed by atoms with Gasteiger partial charge in [-0.2, -0.15) is 0 Å². The maximum absolute atomic E-state index is 13.0. The summed E-state index contributed by atoms with van der Waals surface area (Å²) in [6.07, 6.45) is 0. The van der Waals surface area contributed by atoms with Crippen LogP contribution in [0.3, 0.4) is 0 Å². The molecule has 0 aliphatic carbocycles. The van der Waals surface area contributed by atoms with Crippen LogP contribution in [0.25, 0.3) is 0 Å². The topological polar surface area (TPSA) is 41.1 Å². The number of benzene rings is 1. The minimum absolute atomic E-state index is 0. The molecule has 1 atom stereocenters. The third-order valence-corrected chi connectivity index (χ3v) is 2.48. The van der Waals surface area contributed by atoms with Gasteiger partial charge >= 0.3 is 0 Å². The van der Waals surface area contributed by atoms with Gasteiger partial charge in [-0.3, -0.25) is 4.79 Å². The summed E-state index contributed by atoms with van der Waals surface area (Å²) >= 11 is 0. The number of nitrogens with one attached hydrogen (secondary N) is 2. The molecule has 0 aromatic heterocycles. The van der Waals surface area contributed by atoms with Crippen LogP contribution in [-0.2, 0) is 0 Å². The molecule has 3 nitrogen and oxygen atoms in total. The molecule has 1 aromatic carbocycles. The van der Waals surface area contributed by atoms with E-state index in [9.17, 15) is 9.18 Å². The lowest BCUT2D eigenvalue weighted by Gasteiger charge is -2.11. The van der Waals surface area contributed by atoms with Gasteiger partial charge < -0.3 is 10.6 Å². The number of hydrogen-bond acceptors (Lipinski definition) is 2. The minimum atomic E-state index is -0.292. The van der Waals surface area contributed by atoms with E-state index in [1.54, 1.807) is 13.0 Å². The van der Waals surface area contributed by atoms with Crippen molar-refractivity contribution in [2.75, 3.05) is 13.6 Å². The van der Waals surface area contributed by atoms with E-state index in [1.807, 2.05) is 14.0 Å². The number of aryl methyl sites for hydroxylation is 1. The summed E-state index contributed by atoms with van der Waals surface area (Å²) in [6.45, 7) is 4.16. The van der Waals surface area contributed by atoms with Gasteiger partial charge in [-0.25, -0.2) is 4.39 Å². The molecule has 0 bridgehead atoms. The zero-order chi connectivity index (χ0) is 12.1. The predicted octanol–water partition coefficient (Wildman–Crippen LogP) is 1.89. The van der Waals surface area contributed by atoms with E-state index in [0.717, 1.165) is 0 Å². The van der Waals surface area contributed by atoms with Gasteiger partial charge in [0.05, 0.1) is 0 Å². The highest BCUT2D eigenvalue weighted by atomic mass is 35.5. The number of carbonyl (C=O) groups is 1. The largest absolute Gasteiger partial charge is 0.350 e. The number of likely N-dealkylation sites (N-methyl/N-ethyl adjacent to an activating group) is 1. The summed E-state index contributed by atoms with van der Waals surface area (Å²) in [5, 5.41) is 5.79. The highest BCUT2D eigenvalue weighted by Crippen LogP contribution is 2.08. The van der Waals surface area contributed by atoms with Crippen molar-refractivity contribution in [2.45, 2.75) is 19.9 Å². The predicted molar refractivity (Wildman–Crippen MR) is 69.2 cm³/mol. The van der Waals surface area contributed by atoms with E-state index in [-0.39, 0.29) is 30.2 Å². The van der Waals surface area contributed by atoms with Crippen molar-refractivity contribution in [2.24, 2.45) is 0 Å². The smallest absolute Gasteiger partial charge is 0.251 e. The molecule has 0 spiro atoms. The van der Waals surface area contributed by atoms with E-state index in [2.05, 4.69) is 10.6 Å². The van der Waals surface area contributed by atoms with Crippen LogP contribution in [0.1, 0.15) is 22.8 Å². The van der Waals surface area contributed by atoms with Crippen LogP contribution in [0.15, 0.2) is 18.2 Å². The van der Waals surface area contributed by atoms with Crippen molar-refractivity contribution in [3.05, 3.63) is 35.1 Å². The van der Waals surface area contributed by atoms with Crippen molar-refractivity contribution in [3.8, 4) is 0 Å². The molecular formula is C12H18ClFN2O. The Morgan fingerprint density at radius 3 is 2.65 bits per heavy atom. The molecule has 0 radical (unpaired) electrons. The van der Waals surface area contributed by atoms with Crippen LogP contribution < -0.4 is 10.6 Å². The van der Waals surface area contributed by atoms with Gasteiger partial charge in [-0.05, 0) is 44.7 Å². The van der Waals surface area contributed by atoms with E-state index in [1.165, 1.54) is 12.1 Å². The zero-order valence-electron chi connectivity index (χ0n) is 10.2. The fraction of sp³-hybridized carbons (Fsp3) is 0.417. The quantitative estimate of drug-likeness (QED) is 0.868. The Kier molecular flexibility index (Phi) is 6.76. The minimum Gasteiger partial charge on any atom is -0.350 e. The van der Waals surface area contributed by atoms with E-state index in [0.29, 0.717) is 17.7 Å². The van der Waals surface area contributed by atoms with Crippen LogP contribution in [-0.4, -0.2) is 25.5 Å². The molecule has 0 saturated carbocycles. The Morgan fingerprint density at radius 1 is 1.47 bits per heavy atom. The van der Waals surface area contributed by atoms with Gasteiger partial charge in [0, 0.05) is 18.2 Å². The summed E-state index contributed by atoms with van der Waals surface area (Å²) in [7, 11) is 1.83. The molecule has 5 heteroatoms. The standard InChI is InChI=1S/C12H17FN2O.ClH/c1-8-6-10(4-5-11(8)13)12(16)15-7-9(2)14-3;/h4-6,9,14H,7H2,1-3H3,(H,15,16);1H. The second-order valence-corrected chi connectivity index (χ2v) is 3.86. The molecule has 1 amide bonds. The number of carbonyl (C=O) groups excluding carboxylic acids is 1. The number of halogens is 2. The van der Waals surface area contributed by atoms with Crippen molar-refractivity contribution in [1.82, 2.24) is 10.6 Å². The third kappa shape index (κ3) is 4.71. The van der Waals surface area contributed by atoms with Crippen LogP contribution in [0.4, 0.5) is 4.39 Å². The summed E-state index contributed by atoms with van der Waals surface area (Å²) in [5.74, 6) is -0.467. The van der Waals surface area contributed by atoms with Gasteiger partial charge in [-0.15, -0.1) is 12.4 Å². The first-order chi connectivity index (χ1) is 7.54. The van der Waals surface area contributed by atoms with E-state index >= 15 is 0 Å². The molecule has 96 valence electrons. The summed E-state index contributed by atoms with van der Waals surface area (Å²) in [4.78, 5) is 11.7. The Morgan fingerprint density at radius 2 is 2.12 bits per heavy atom. The van der Waals surface area contributed by atoms with Gasteiger partial charge in [-0.1, -0.05) is 0 Å². The number of hydrogen-bond donors (Lipinski definition) is 2. The van der Waals surface area contributed by atoms with Crippen molar-refractivity contribution < 1.29 is 9.18 Å². The lowest BCUT2D eigenvalue weighted by atomic mass is 10.1. The third-order valence-electron chi connectivity index (χ3n) is 2.48. The second-order valence-electron chi connectivity index (χ2n) is 3.86. The van der Waals surface area contributed by atoms with E-state index in [4.69, 9.17) is 0 Å². The van der Waals surface area contributed by atoms with Crippen LogP contribution in [0.2, 0.25) is 0 Å². The van der Waals surface area contributed by atoms with Gasteiger partial charge in [0.25, 0.3) is 5.91 Å². The van der Waals surface area contributed by atoms with Crippen LogP contribution in [0, 0.1) is 12.7 Å². The lowest BCUT2D eigenvalue weighted by Crippen LogP contribution is -2.37. The second kappa shape index (κ2) is 7.25. The normalized spacial score (nSPS) is 11.5. The molecule has 0 aliphatic heterocycles. The lowest BCUT2D eigenvalue weighted by molar-refractivity contribution is 0.0950.